The predicted octanol–water partition coefficient (Wildman–Crippen LogP) is 1.89. The van der Waals surface area contributed by atoms with Crippen LogP contribution in [0, 0.1) is 15.5 Å². The maximum Gasteiger partial charge on any atom is 0.310 e. The van der Waals surface area contributed by atoms with Crippen molar-refractivity contribution in [2.75, 3.05) is 13.1 Å². The van der Waals surface area contributed by atoms with Crippen molar-refractivity contribution < 1.29 is 14.8 Å². The van der Waals surface area contributed by atoms with Gasteiger partial charge in [-0.05, 0) is 25.5 Å². The molecule has 0 aromatic heterocycles. The molecule has 0 aliphatic carbocycles. The van der Waals surface area contributed by atoms with Crippen LogP contribution in [0.5, 0.6) is 0 Å². The fourth-order valence-corrected chi connectivity index (χ4v) is 2.35. The number of likely N-dealkylation sites (tertiary alicyclic amines) is 1. The zero-order valence-corrected chi connectivity index (χ0v) is 10.7. The second kappa shape index (κ2) is 4.97. The van der Waals surface area contributed by atoms with Crippen molar-refractivity contribution in [2.24, 2.45) is 5.41 Å². The average molecular weight is 264 g/mol. The third kappa shape index (κ3) is 2.90. The van der Waals surface area contributed by atoms with Gasteiger partial charge in [-0.25, -0.2) is 0 Å². The Labute approximate surface area is 110 Å². The largest absolute Gasteiger partial charge is 0.481 e. The normalized spacial score (nSPS) is 23.4. The van der Waals surface area contributed by atoms with E-state index in [-0.39, 0.29) is 5.69 Å². The molecule has 1 fully saturated rings. The first-order chi connectivity index (χ1) is 8.90. The minimum atomic E-state index is -0.765. The van der Waals surface area contributed by atoms with Gasteiger partial charge < -0.3 is 5.11 Å². The molecule has 1 heterocycles. The summed E-state index contributed by atoms with van der Waals surface area (Å²) in [5.41, 5.74) is 0.349. The van der Waals surface area contributed by atoms with Gasteiger partial charge in [0, 0.05) is 25.2 Å². The molecule has 0 saturated carbocycles. The van der Waals surface area contributed by atoms with Crippen LogP contribution < -0.4 is 0 Å². The molecule has 0 bridgehead atoms. The van der Waals surface area contributed by atoms with Gasteiger partial charge in [-0.1, -0.05) is 12.1 Å². The van der Waals surface area contributed by atoms with Gasteiger partial charge in [-0.2, -0.15) is 0 Å². The number of benzene rings is 1. The number of carbonyl (C=O) groups is 1. The van der Waals surface area contributed by atoms with Gasteiger partial charge in [0.25, 0.3) is 5.69 Å². The summed E-state index contributed by atoms with van der Waals surface area (Å²) in [6, 6.07) is 6.38. The molecule has 1 unspecified atom stereocenters. The molecule has 0 radical (unpaired) electrons. The number of non-ortho nitro benzene ring substituents is 1. The lowest BCUT2D eigenvalue weighted by atomic mass is 9.90. The van der Waals surface area contributed by atoms with Gasteiger partial charge in [0.15, 0.2) is 0 Å². The van der Waals surface area contributed by atoms with E-state index in [9.17, 15) is 14.9 Å². The van der Waals surface area contributed by atoms with Gasteiger partial charge in [0.2, 0.25) is 0 Å². The number of hydrogen-bond acceptors (Lipinski definition) is 4. The second-order valence-corrected chi connectivity index (χ2v) is 5.25. The zero-order chi connectivity index (χ0) is 14.0. The number of carboxylic acid groups (broad SMARTS) is 1. The van der Waals surface area contributed by atoms with Crippen LogP contribution in [0.25, 0.3) is 0 Å². The molecule has 1 aliphatic heterocycles. The van der Waals surface area contributed by atoms with E-state index in [1.54, 1.807) is 19.1 Å². The summed E-state index contributed by atoms with van der Waals surface area (Å²) in [4.78, 5) is 23.3. The molecule has 1 aromatic carbocycles. The number of nitro benzene ring substituents is 1. The van der Waals surface area contributed by atoms with Crippen LogP contribution in [0.2, 0.25) is 0 Å². The number of nitrogens with zero attached hydrogens (tertiary/aromatic N) is 2. The maximum atomic E-state index is 11.1. The Kier molecular flexibility index (Phi) is 3.53. The van der Waals surface area contributed by atoms with Gasteiger partial charge in [0.1, 0.15) is 0 Å². The molecule has 1 N–H and O–H groups in total. The molecule has 6 heteroatoms. The van der Waals surface area contributed by atoms with Crippen LogP contribution in [0.1, 0.15) is 18.9 Å². The number of rotatable bonds is 4. The van der Waals surface area contributed by atoms with Crippen LogP contribution in [-0.2, 0) is 11.3 Å². The highest BCUT2D eigenvalue weighted by Gasteiger charge is 2.40. The van der Waals surface area contributed by atoms with Gasteiger partial charge >= 0.3 is 5.97 Å². The van der Waals surface area contributed by atoms with Gasteiger partial charge in [-0.3, -0.25) is 19.8 Å². The Hall–Kier alpha value is -1.95. The highest BCUT2D eigenvalue weighted by molar-refractivity contribution is 5.74. The van der Waals surface area contributed by atoms with E-state index >= 15 is 0 Å². The molecule has 6 nitrogen and oxygen atoms in total. The van der Waals surface area contributed by atoms with Crippen molar-refractivity contribution in [1.82, 2.24) is 4.90 Å². The summed E-state index contributed by atoms with van der Waals surface area (Å²) in [5, 5.41) is 19.7. The molecule has 0 amide bonds. The van der Waals surface area contributed by atoms with Crippen LogP contribution in [0.15, 0.2) is 24.3 Å². The molecule has 1 aliphatic rings. The van der Waals surface area contributed by atoms with Crippen molar-refractivity contribution in [3.05, 3.63) is 39.9 Å². The first-order valence-corrected chi connectivity index (χ1v) is 6.10. The number of hydrogen-bond donors (Lipinski definition) is 1. The number of carboxylic acids is 1. The monoisotopic (exact) mass is 264 g/mol. The van der Waals surface area contributed by atoms with E-state index in [0.29, 0.717) is 19.5 Å². The summed E-state index contributed by atoms with van der Waals surface area (Å²) >= 11 is 0. The van der Waals surface area contributed by atoms with E-state index in [2.05, 4.69) is 4.90 Å². The topological polar surface area (TPSA) is 83.7 Å². The lowest BCUT2D eigenvalue weighted by Crippen LogP contribution is -2.31. The Morgan fingerprint density at radius 2 is 2.11 bits per heavy atom. The molecular weight excluding hydrogens is 248 g/mol. The molecule has 1 atom stereocenters. The summed E-state index contributed by atoms with van der Waals surface area (Å²) in [5.74, 6) is -0.765. The van der Waals surface area contributed by atoms with Gasteiger partial charge in [0.05, 0.1) is 10.3 Å². The molecule has 2 rings (SSSR count). The van der Waals surface area contributed by atoms with E-state index in [1.807, 2.05) is 0 Å². The third-order valence-electron chi connectivity index (χ3n) is 3.62. The second-order valence-electron chi connectivity index (χ2n) is 5.25. The standard InChI is InChI=1S/C13H16N2O4/c1-13(12(16)17)6-7-14(9-13)8-10-2-4-11(5-3-10)15(18)19/h2-5H,6-9H2,1H3,(H,16,17). The van der Waals surface area contributed by atoms with Crippen LogP contribution in [0.4, 0.5) is 5.69 Å². The van der Waals surface area contributed by atoms with Crippen LogP contribution in [-0.4, -0.2) is 34.0 Å². The SMILES string of the molecule is CC1(C(=O)O)CCN(Cc2ccc([N+](=O)[O-])cc2)C1. The molecule has 0 spiro atoms. The zero-order valence-electron chi connectivity index (χ0n) is 10.7. The average Bonchev–Trinajstić information content (AvgIpc) is 2.73. The van der Waals surface area contributed by atoms with Crippen molar-refractivity contribution in [2.45, 2.75) is 19.9 Å². The van der Waals surface area contributed by atoms with E-state index in [4.69, 9.17) is 5.11 Å². The molecule has 1 aromatic rings. The summed E-state index contributed by atoms with van der Waals surface area (Å²) in [6.45, 7) is 3.63. The van der Waals surface area contributed by atoms with Crippen LogP contribution in [0.3, 0.4) is 0 Å². The highest BCUT2D eigenvalue weighted by atomic mass is 16.6. The van der Waals surface area contributed by atoms with Crippen molar-refractivity contribution in [3.63, 3.8) is 0 Å². The number of aliphatic carboxylic acids is 1. The minimum Gasteiger partial charge on any atom is -0.481 e. The Morgan fingerprint density at radius 1 is 1.47 bits per heavy atom. The Balaban J connectivity index is 1.99. The van der Waals surface area contributed by atoms with E-state index in [1.165, 1.54) is 12.1 Å². The fraction of sp³-hybridized carbons (Fsp3) is 0.462. The summed E-state index contributed by atoms with van der Waals surface area (Å²) in [7, 11) is 0. The minimum absolute atomic E-state index is 0.0700. The quantitative estimate of drug-likeness (QED) is 0.663. The van der Waals surface area contributed by atoms with Crippen LogP contribution >= 0.6 is 0 Å². The Morgan fingerprint density at radius 3 is 2.58 bits per heavy atom. The van der Waals surface area contributed by atoms with E-state index in [0.717, 1.165) is 12.1 Å². The number of nitro groups is 1. The third-order valence-corrected chi connectivity index (χ3v) is 3.62. The smallest absolute Gasteiger partial charge is 0.310 e. The molecule has 1 saturated heterocycles. The van der Waals surface area contributed by atoms with Gasteiger partial charge in [-0.15, -0.1) is 0 Å². The first kappa shape index (κ1) is 13.5. The predicted molar refractivity (Wildman–Crippen MR) is 68.7 cm³/mol. The molecular formula is C13H16N2O4. The highest BCUT2D eigenvalue weighted by Crippen LogP contribution is 2.31. The van der Waals surface area contributed by atoms with Crippen molar-refractivity contribution in [1.29, 1.82) is 0 Å². The molecule has 19 heavy (non-hydrogen) atoms. The lowest BCUT2D eigenvalue weighted by molar-refractivity contribution is -0.384. The Bertz CT molecular complexity index is 500. The molecule has 102 valence electrons. The maximum absolute atomic E-state index is 11.1. The fourth-order valence-electron chi connectivity index (χ4n) is 2.35. The first-order valence-electron chi connectivity index (χ1n) is 6.10. The summed E-state index contributed by atoms with van der Waals surface area (Å²) < 4.78 is 0. The summed E-state index contributed by atoms with van der Waals surface area (Å²) in [6.07, 6.45) is 0.634. The van der Waals surface area contributed by atoms with Crippen molar-refractivity contribution in [3.8, 4) is 0 Å². The van der Waals surface area contributed by atoms with E-state index < -0.39 is 16.3 Å². The lowest BCUT2D eigenvalue weighted by Gasteiger charge is -2.20. The van der Waals surface area contributed by atoms with Crippen molar-refractivity contribution >= 4 is 11.7 Å².